The first kappa shape index (κ1) is 15.4. The fourth-order valence-electron chi connectivity index (χ4n) is 2.30. The fourth-order valence-corrected chi connectivity index (χ4v) is 3.00. The lowest BCUT2D eigenvalue weighted by molar-refractivity contribution is -0.132. The molecular weight excluding hydrogens is 252 g/mol. The highest BCUT2D eigenvalue weighted by Crippen LogP contribution is 2.34. The maximum Gasteiger partial charge on any atom is 0.227 e. The molecule has 0 aromatic carbocycles. The second kappa shape index (κ2) is 6.02. The van der Waals surface area contributed by atoms with Crippen molar-refractivity contribution in [1.29, 1.82) is 0 Å². The number of rotatable bonds is 6. The van der Waals surface area contributed by atoms with Crippen molar-refractivity contribution in [3.8, 4) is 0 Å². The van der Waals surface area contributed by atoms with Crippen LogP contribution < -0.4 is 10.6 Å². The second-order valence-electron chi connectivity index (χ2n) is 5.23. The molecule has 1 saturated heterocycles. The summed E-state index contributed by atoms with van der Waals surface area (Å²) < 4.78 is 22.7. The number of carbonyl (C=O) groups is 1. The molecule has 1 rings (SSSR count). The van der Waals surface area contributed by atoms with E-state index in [0.717, 1.165) is 13.0 Å². The van der Waals surface area contributed by atoms with Crippen molar-refractivity contribution in [3.63, 3.8) is 0 Å². The van der Waals surface area contributed by atoms with Crippen molar-refractivity contribution in [3.05, 3.63) is 0 Å². The van der Waals surface area contributed by atoms with E-state index in [0.29, 0.717) is 6.54 Å². The molecule has 6 heteroatoms. The summed E-state index contributed by atoms with van der Waals surface area (Å²) in [6, 6.07) is 0. The summed E-state index contributed by atoms with van der Waals surface area (Å²) in [4.78, 5) is 12.2. The van der Waals surface area contributed by atoms with Crippen LogP contribution in [0.2, 0.25) is 0 Å². The molecule has 0 aliphatic carbocycles. The summed E-state index contributed by atoms with van der Waals surface area (Å²) >= 11 is 0. The van der Waals surface area contributed by atoms with E-state index in [9.17, 15) is 13.2 Å². The highest BCUT2D eigenvalue weighted by atomic mass is 32.2. The van der Waals surface area contributed by atoms with Gasteiger partial charge in [-0.05, 0) is 18.9 Å². The molecule has 1 amide bonds. The zero-order chi connectivity index (χ0) is 13.8. The predicted molar refractivity (Wildman–Crippen MR) is 72.1 cm³/mol. The SMILES string of the molecule is CCS(=O)(=O)CCNC(=O)C1(C(C)C)CCNC1. The molecule has 5 nitrogen and oxygen atoms in total. The van der Waals surface area contributed by atoms with E-state index in [4.69, 9.17) is 0 Å². The minimum Gasteiger partial charge on any atom is -0.355 e. The Balaban J connectivity index is 2.54. The van der Waals surface area contributed by atoms with E-state index < -0.39 is 9.84 Å². The lowest BCUT2D eigenvalue weighted by atomic mass is 9.75. The number of hydrogen-bond acceptors (Lipinski definition) is 4. The van der Waals surface area contributed by atoms with Gasteiger partial charge in [0.2, 0.25) is 5.91 Å². The molecule has 0 bridgehead atoms. The molecule has 0 spiro atoms. The van der Waals surface area contributed by atoms with E-state index in [1.807, 2.05) is 13.8 Å². The molecule has 1 aliphatic heterocycles. The quantitative estimate of drug-likeness (QED) is 0.725. The monoisotopic (exact) mass is 276 g/mol. The summed E-state index contributed by atoms with van der Waals surface area (Å²) in [6.45, 7) is 7.43. The van der Waals surface area contributed by atoms with Crippen molar-refractivity contribution in [1.82, 2.24) is 10.6 Å². The minimum atomic E-state index is -3.01. The molecule has 0 radical (unpaired) electrons. The van der Waals surface area contributed by atoms with Gasteiger partial charge in [0.05, 0.1) is 11.2 Å². The molecule has 1 fully saturated rings. The Bertz CT molecular complexity index is 384. The molecule has 0 aromatic heterocycles. The standard InChI is InChI=1S/C12H24N2O3S/c1-4-18(16,17)8-7-14-11(15)12(10(2)3)5-6-13-9-12/h10,13H,4-9H2,1-3H3,(H,14,15). The molecule has 106 valence electrons. The summed E-state index contributed by atoms with van der Waals surface area (Å²) in [5.74, 6) is 0.375. The number of amides is 1. The molecule has 1 heterocycles. The van der Waals surface area contributed by atoms with Crippen molar-refractivity contribution < 1.29 is 13.2 Å². The third-order valence-corrected chi connectivity index (χ3v) is 5.59. The van der Waals surface area contributed by atoms with Gasteiger partial charge in [-0.1, -0.05) is 20.8 Å². The Hall–Kier alpha value is -0.620. The van der Waals surface area contributed by atoms with E-state index in [1.54, 1.807) is 6.92 Å². The number of nitrogens with one attached hydrogen (secondary N) is 2. The highest BCUT2D eigenvalue weighted by molar-refractivity contribution is 7.91. The van der Waals surface area contributed by atoms with Gasteiger partial charge in [-0.3, -0.25) is 4.79 Å². The smallest absolute Gasteiger partial charge is 0.227 e. The molecule has 0 aromatic rings. The topological polar surface area (TPSA) is 75.3 Å². The third kappa shape index (κ3) is 3.45. The lowest BCUT2D eigenvalue weighted by Gasteiger charge is -2.31. The molecule has 1 aliphatic rings. The molecule has 2 N–H and O–H groups in total. The van der Waals surface area contributed by atoms with Gasteiger partial charge >= 0.3 is 0 Å². The largest absolute Gasteiger partial charge is 0.355 e. The molecule has 1 atom stereocenters. The maximum atomic E-state index is 12.2. The van der Waals surface area contributed by atoms with Gasteiger partial charge in [-0.25, -0.2) is 8.42 Å². The van der Waals surface area contributed by atoms with Gasteiger partial charge < -0.3 is 10.6 Å². The van der Waals surface area contributed by atoms with E-state index in [-0.39, 0.29) is 35.3 Å². The Morgan fingerprint density at radius 2 is 2.11 bits per heavy atom. The average Bonchev–Trinajstić information content (AvgIpc) is 2.79. The summed E-state index contributed by atoms with van der Waals surface area (Å²) in [5.41, 5.74) is -0.379. The van der Waals surface area contributed by atoms with Crippen LogP contribution in [0.1, 0.15) is 27.2 Å². The summed E-state index contributed by atoms with van der Waals surface area (Å²) in [6.07, 6.45) is 0.816. The van der Waals surface area contributed by atoms with Crippen molar-refractivity contribution >= 4 is 15.7 Å². The van der Waals surface area contributed by atoms with Crippen molar-refractivity contribution in [2.45, 2.75) is 27.2 Å². The molecule has 18 heavy (non-hydrogen) atoms. The minimum absolute atomic E-state index is 0.0196. The lowest BCUT2D eigenvalue weighted by Crippen LogP contribution is -2.47. The van der Waals surface area contributed by atoms with E-state index >= 15 is 0 Å². The zero-order valence-electron chi connectivity index (χ0n) is 11.5. The van der Waals surface area contributed by atoms with Crippen LogP contribution in [0, 0.1) is 11.3 Å². The van der Waals surface area contributed by atoms with Crippen LogP contribution in [0.25, 0.3) is 0 Å². The van der Waals surface area contributed by atoms with E-state index in [1.165, 1.54) is 0 Å². The van der Waals surface area contributed by atoms with Gasteiger partial charge in [0.25, 0.3) is 0 Å². The first-order chi connectivity index (χ1) is 8.34. The van der Waals surface area contributed by atoms with Crippen LogP contribution in [-0.4, -0.2) is 45.5 Å². The molecule has 0 saturated carbocycles. The first-order valence-electron chi connectivity index (χ1n) is 6.53. The van der Waals surface area contributed by atoms with E-state index in [2.05, 4.69) is 10.6 Å². The second-order valence-corrected chi connectivity index (χ2v) is 7.70. The summed E-state index contributed by atoms with van der Waals surface area (Å²) in [5, 5.41) is 5.99. The fraction of sp³-hybridized carbons (Fsp3) is 0.917. The van der Waals surface area contributed by atoms with Crippen LogP contribution in [0.5, 0.6) is 0 Å². The Morgan fingerprint density at radius 1 is 1.44 bits per heavy atom. The van der Waals surface area contributed by atoms with Crippen LogP contribution >= 0.6 is 0 Å². The van der Waals surface area contributed by atoms with Gasteiger partial charge in [0, 0.05) is 18.8 Å². The normalized spacial score (nSPS) is 24.4. The Labute approximate surface area is 110 Å². The van der Waals surface area contributed by atoms with Crippen LogP contribution in [0.15, 0.2) is 0 Å². The van der Waals surface area contributed by atoms with Crippen molar-refractivity contribution in [2.75, 3.05) is 31.1 Å². The van der Waals surface area contributed by atoms with Gasteiger partial charge in [-0.2, -0.15) is 0 Å². The van der Waals surface area contributed by atoms with Crippen LogP contribution in [0.3, 0.4) is 0 Å². The predicted octanol–water partition coefficient (Wildman–Crippen LogP) is 0.173. The Morgan fingerprint density at radius 3 is 2.56 bits per heavy atom. The number of hydrogen-bond donors (Lipinski definition) is 2. The van der Waals surface area contributed by atoms with Crippen molar-refractivity contribution in [2.24, 2.45) is 11.3 Å². The van der Waals surface area contributed by atoms with Gasteiger partial charge in [0.15, 0.2) is 9.84 Å². The Kier molecular flexibility index (Phi) is 5.16. The van der Waals surface area contributed by atoms with Crippen LogP contribution in [0.4, 0.5) is 0 Å². The average molecular weight is 276 g/mol. The maximum absolute atomic E-state index is 12.2. The number of carbonyl (C=O) groups excluding carboxylic acids is 1. The number of sulfone groups is 1. The first-order valence-corrected chi connectivity index (χ1v) is 8.35. The zero-order valence-corrected chi connectivity index (χ0v) is 12.3. The molecule has 1 unspecified atom stereocenters. The summed E-state index contributed by atoms with van der Waals surface area (Å²) in [7, 11) is -3.01. The third-order valence-electron chi connectivity index (χ3n) is 3.88. The van der Waals surface area contributed by atoms with Crippen LogP contribution in [-0.2, 0) is 14.6 Å². The highest BCUT2D eigenvalue weighted by Gasteiger charge is 2.43. The molecular formula is C12H24N2O3S. The van der Waals surface area contributed by atoms with Gasteiger partial charge in [-0.15, -0.1) is 0 Å². The van der Waals surface area contributed by atoms with Gasteiger partial charge in [0.1, 0.15) is 0 Å².